The van der Waals surface area contributed by atoms with Gasteiger partial charge in [-0.3, -0.25) is 9.59 Å². The van der Waals surface area contributed by atoms with E-state index in [1.54, 1.807) is 11.0 Å². The third-order valence-corrected chi connectivity index (χ3v) is 3.08. The van der Waals surface area contributed by atoms with Crippen LogP contribution in [0.1, 0.15) is 29.8 Å². The molecule has 1 aliphatic heterocycles. The fourth-order valence-corrected chi connectivity index (χ4v) is 2.22. The summed E-state index contributed by atoms with van der Waals surface area (Å²) >= 11 is 0. The molecule has 1 N–H and O–H groups in total. The van der Waals surface area contributed by atoms with Crippen molar-refractivity contribution >= 4 is 17.4 Å². The van der Waals surface area contributed by atoms with E-state index in [2.05, 4.69) is 19.2 Å². The first kappa shape index (κ1) is 12.8. The number of para-hydroxylation sites is 1. The zero-order chi connectivity index (χ0) is 13.3. The van der Waals surface area contributed by atoms with E-state index in [9.17, 15) is 9.59 Å². The number of fused-ring (bicyclic) bond motifs is 1. The molecule has 1 aliphatic rings. The predicted octanol–water partition coefficient (Wildman–Crippen LogP) is 1.52. The number of anilines is 1. The molecule has 0 atom stereocenters. The van der Waals surface area contributed by atoms with E-state index in [1.165, 1.54) is 0 Å². The first-order chi connectivity index (χ1) is 8.52. The third kappa shape index (κ3) is 2.16. The molecule has 0 saturated heterocycles. The fourth-order valence-electron chi connectivity index (χ4n) is 2.22. The SMILES string of the molecule is Cc1cccc2c1N(CCNC(C)C)C(=O)C2=O. The molecule has 2 rings (SSSR count). The minimum atomic E-state index is -0.412. The van der Waals surface area contributed by atoms with E-state index >= 15 is 0 Å². The molecule has 96 valence electrons. The van der Waals surface area contributed by atoms with E-state index in [-0.39, 0.29) is 0 Å². The van der Waals surface area contributed by atoms with Crippen LogP contribution in [0.4, 0.5) is 5.69 Å². The van der Waals surface area contributed by atoms with Crippen molar-refractivity contribution in [2.75, 3.05) is 18.0 Å². The van der Waals surface area contributed by atoms with Gasteiger partial charge in [0.05, 0.1) is 11.3 Å². The largest absolute Gasteiger partial charge is 0.313 e. The maximum Gasteiger partial charge on any atom is 0.299 e. The molecule has 4 nitrogen and oxygen atoms in total. The Kier molecular flexibility index (Phi) is 3.48. The molecule has 0 fully saturated rings. The van der Waals surface area contributed by atoms with Gasteiger partial charge in [-0.2, -0.15) is 0 Å². The van der Waals surface area contributed by atoms with Gasteiger partial charge in [0.1, 0.15) is 0 Å². The highest BCUT2D eigenvalue weighted by molar-refractivity contribution is 6.52. The molecular weight excluding hydrogens is 228 g/mol. The topological polar surface area (TPSA) is 49.4 Å². The van der Waals surface area contributed by atoms with E-state index < -0.39 is 11.7 Å². The van der Waals surface area contributed by atoms with Crippen molar-refractivity contribution in [3.05, 3.63) is 29.3 Å². The summed E-state index contributed by atoms with van der Waals surface area (Å²) in [6, 6.07) is 5.83. The molecule has 0 unspecified atom stereocenters. The number of nitrogens with one attached hydrogen (secondary N) is 1. The number of carbonyl (C=O) groups excluding carboxylic acids is 2. The van der Waals surface area contributed by atoms with E-state index in [4.69, 9.17) is 0 Å². The standard InChI is InChI=1S/C14H18N2O2/c1-9(2)15-7-8-16-12-10(3)5-4-6-11(12)13(17)14(16)18/h4-6,9,15H,7-8H2,1-3H3. The molecule has 0 bridgehead atoms. The highest BCUT2D eigenvalue weighted by Crippen LogP contribution is 2.31. The van der Waals surface area contributed by atoms with Gasteiger partial charge < -0.3 is 10.2 Å². The van der Waals surface area contributed by atoms with Crippen LogP contribution in [0.15, 0.2) is 18.2 Å². The number of amides is 1. The number of hydrogen-bond donors (Lipinski definition) is 1. The van der Waals surface area contributed by atoms with Crippen LogP contribution in [-0.4, -0.2) is 30.8 Å². The zero-order valence-corrected chi connectivity index (χ0v) is 11.0. The third-order valence-electron chi connectivity index (χ3n) is 3.08. The predicted molar refractivity (Wildman–Crippen MR) is 71.0 cm³/mol. The highest BCUT2D eigenvalue weighted by Gasteiger charge is 2.36. The molecule has 4 heteroatoms. The zero-order valence-electron chi connectivity index (χ0n) is 11.0. The van der Waals surface area contributed by atoms with Crippen LogP contribution < -0.4 is 10.2 Å². The summed E-state index contributed by atoms with van der Waals surface area (Å²) in [5.41, 5.74) is 2.28. The van der Waals surface area contributed by atoms with Crippen LogP contribution in [-0.2, 0) is 4.79 Å². The summed E-state index contributed by atoms with van der Waals surface area (Å²) in [5, 5.41) is 3.25. The van der Waals surface area contributed by atoms with Crippen LogP contribution >= 0.6 is 0 Å². The van der Waals surface area contributed by atoms with Crippen molar-refractivity contribution in [3.63, 3.8) is 0 Å². The normalized spacial score (nSPS) is 14.6. The lowest BCUT2D eigenvalue weighted by Crippen LogP contribution is -2.38. The van der Waals surface area contributed by atoms with Crippen molar-refractivity contribution in [1.82, 2.24) is 5.32 Å². The Hall–Kier alpha value is -1.68. The second-order valence-electron chi connectivity index (χ2n) is 4.87. The average Bonchev–Trinajstić information content (AvgIpc) is 2.55. The van der Waals surface area contributed by atoms with Crippen molar-refractivity contribution in [1.29, 1.82) is 0 Å². The van der Waals surface area contributed by atoms with Crippen molar-refractivity contribution < 1.29 is 9.59 Å². The van der Waals surface area contributed by atoms with Crippen LogP contribution in [0.3, 0.4) is 0 Å². The molecule has 0 radical (unpaired) electrons. The van der Waals surface area contributed by atoms with Crippen LogP contribution in [0.2, 0.25) is 0 Å². The number of carbonyl (C=O) groups is 2. The molecule has 1 heterocycles. The first-order valence-electron chi connectivity index (χ1n) is 6.21. The minimum absolute atomic E-state index is 0.370. The van der Waals surface area contributed by atoms with Gasteiger partial charge >= 0.3 is 0 Å². The smallest absolute Gasteiger partial charge is 0.299 e. The molecule has 0 spiro atoms. The Morgan fingerprint density at radius 1 is 1.28 bits per heavy atom. The molecule has 0 aromatic heterocycles. The Labute approximate surface area is 107 Å². The lowest BCUT2D eigenvalue weighted by atomic mass is 10.1. The molecule has 1 aromatic rings. The maximum absolute atomic E-state index is 11.9. The van der Waals surface area contributed by atoms with Gasteiger partial charge in [-0.15, -0.1) is 0 Å². The Bertz CT molecular complexity index is 495. The summed E-state index contributed by atoms with van der Waals surface area (Å²) in [4.78, 5) is 25.4. The maximum atomic E-state index is 11.9. The molecule has 1 aromatic carbocycles. The lowest BCUT2D eigenvalue weighted by Gasteiger charge is -2.19. The molecule has 1 amide bonds. The number of ketones is 1. The van der Waals surface area contributed by atoms with Gasteiger partial charge in [0.15, 0.2) is 0 Å². The number of benzene rings is 1. The first-order valence-corrected chi connectivity index (χ1v) is 6.21. The van der Waals surface area contributed by atoms with Gasteiger partial charge in [-0.05, 0) is 18.6 Å². The molecule has 0 aliphatic carbocycles. The number of nitrogens with zero attached hydrogens (tertiary/aromatic N) is 1. The van der Waals surface area contributed by atoms with Crippen molar-refractivity contribution in [3.8, 4) is 0 Å². The number of aryl methyl sites for hydroxylation is 1. The van der Waals surface area contributed by atoms with Crippen molar-refractivity contribution in [2.24, 2.45) is 0 Å². The second kappa shape index (κ2) is 4.90. The average molecular weight is 246 g/mol. The number of Topliss-reactive ketones (excluding diaryl/α,β-unsaturated/α-hetero) is 1. The summed E-state index contributed by atoms with van der Waals surface area (Å²) in [5.74, 6) is -0.803. The van der Waals surface area contributed by atoms with E-state index in [1.807, 2.05) is 19.1 Å². The second-order valence-corrected chi connectivity index (χ2v) is 4.87. The number of rotatable bonds is 4. The van der Waals surface area contributed by atoms with Crippen LogP contribution in [0.25, 0.3) is 0 Å². The Morgan fingerprint density at radius 2 is 2.00 bits per heavy atom. The van der Waals surface area contributed by atoms with Gasteiger partial charge in [0, 0.05) is 19.1 Å². The van der Waals surface area contributed by atoms with Crippen LogP contribution in [0.5, 0.6) is 0 Å². The molecule has 0 saturated carbocycles. The van der Waals surface area contributed by atoms with Gasteiger partial charge in [0.2, 0.25) is 0 Å². The van der Waals surface area contributed by atoms with Gasteiger partial charge in [-0.1, -0.05) is 26.0 Å². The van der Waals surface area contributed by atoms with E-state index in [0.29, 0.717) is 24.7 Å². The lowest BCUT2D eigenvalue weighted by molar-refractivity contribution is -0.114. The van der Waals surface area contributed by atoms with Gasteiger partial charge in [0.25, 0.3) is 11.7 Å². The highest BCUT2D eigenvalue weighted by atomic mass is 16.2. The Morgan fingerprint density at radius 3 is 2.67 bits per heavy atom. The summed E-state index contributed by atoms with van der Waals surface area (Å²) in [6.45, 7) is 7.24. The van der Waals surface area contributed by atoms with Gasteiger partial charge in [-0.25, -0.2) is 0 Å². The molecular formula is C14H18N2O2. The monoisotopic (exact) mass is 246 g/mol. The summed E-state index contributed by atoms with van der Waals surface area (Å²) in [6.07, 6.45) is 0. The molecule has 18 heavy (non-hydrogen) atoms. The minimum Gasteiger partial charge on any atom is -0.313 e. The number of hydrogen-bond acceptors (Lipinski definition) is 3. The van der Waals surface area contributed by atoms with Crippen molar-refractivity contribution in [2.45, 2.75) is 26.8 Å². The summed E-state index contributed by atoms with van der Waals surface area (Å²) < 4.78 is 0. The summed E-state index contributed by atoms with van der Waals surface area (Å²) in [7, 11) is 0. The van der Waals surface area contributed by atoms with Crippen LogP contribution in [0, 0.1) is 6.92 Å². The van der Waals surface area contributed by atoms with E-state index in [0.717, 1.165) is 11.3 Å². The Balaban J connectivity index is 2.23. The quantitative estimate of drug-likeness (QED) is 0.819. The fraction of sp³-hybridized carbons (Fsp3) is 0.429.